The van der Waals surface area contributed by atoms with Gasteiger partial charge < -0.3 is 19.9 Å². The zero-order valence-electron chi connectivity index (χ0n) is 17.9. The number of nitrogens with zero attached hydrogens (tertiary/aromatic N) is 2. The van der Waals surface area contributed by atoms with E-state index in [1.807, 2.05) is 49.4 Å². The fourth-order valence-electron chi connectivity index (χ4n) is 3.93. The number of ether oxygens (including phenoxy) is 1. The van der Waals surface area contributed by atoms with Crippen LogP contribution in [0.2, 0.25) is 0 Å². The molecule has 1 fully saturated rings. The second kappa shape index (κ2) is 8.76. The average molecular weight is 404 g/mol. The monoisotopic (exact) mass is 403 g/mol. The summed E-state index contributed by atoms with van der Waals surface area (Å²) in [6.45, 7) is 5.94. The van der Waals surface area contributed by atoms with Crippen LogP contribution in [0.5, 0.6) is 5.75 Å². The van der Waals surface area contributed by atoms with Crippen molar-refractivity contribution in [1.29, 1.82) is 0 Å². The topological polar surface area (TPSA) is 44.8 Å². The summed E-state index contributed by atoms with van der Waals surface area (Å²) in [6.07, 6.45) is 0. The van der Waals surface area contributed by atoms with Gasteiger partial charge in [0, 0.05) is 26.2 Å². The largest absolute Gasteiger partial charge is 0.497 e. The van der Waals surface area contributed by atoms with E-state index in [2.05, 4.69) is 40.4 Å². The predicted octanol–water partition coefficient (Wildman–Crippen LogP) is 4.34. The fraction of sp³-hybridized carbons (Fsp3) is 0.320. The van der Waals surface area contributed by atoms with Crippen molar-refractivity contribution in [3.63, 3.8) is 0 Å². The Balaban J connectivity index is 1.52. The molecule has 1 amide bonds. The molecular weight excluding hydrogens is 374 g/mol. The summed E-state index contributed by atoms with van der Waals surface area (Å²) < 4.78 is 5.30. The summed E-state index contributed by atoms with van der Waals surface area (Å²) in [5.41, 5.74) is 2.98. The van der Waals surface area contributed by atoms with Gasteiger partial charge in [0.05, 0.1) is 24.4 Å². The number of nitrogens with one attached hydrogen (secondary N) is 1. The minimum absolute atomic E-state index is 0.00411. The van der Waals surface area contributed by atoms with Gasteiger partial charge in [-0.25, -0.2) is 0 Å². The number of methoxy groups -OCH3 is 1. The van der Waals surface area contributed by atoms with Crippen LogP contribution in [0.25, 0.3) is 10.8 Å². The Kier molecular flexibility index (Phi) is 5.91. The highest BCUT2D eigenvalue weighted by atomic mass is 16.5. The number of likely N-dealkylation sites (N-methyl/N-ethyl adjacent to an activating group) is 1. The molecule has 0 radical (unpaired) electrons. The van der Waals surface area contributed by atoms with Gasteiger partial charge in [-0.1, -0.05) is 36.4 Å². The van der Waals surface area contributed by atoms with E-state index in [0.717, 1.165) is 59.6 Å². The molecule has 0 aromatic heterocycles. The summed E-state index contributed by atoms with van der Waals surface area (Å²) in [5.74, 6) is 0.586. The van der Waals surface area contributed by atoms with Crippen molar-refractivity contribution >= 4 is 28.1 Å². The lowest BCUT2D eigenvalue weighted by atomic mass is 9.97. The normalized spacial score (nSPS) is 15.8. The van der Waals surface area contributed by atoms with Gasteiger partial charge in [0.25, 0.3) is 0 Å². The molecule has 1 heterocycles. The molecule has 1 aliphatic rings. The highest BCUT2D eigenvalue weighted by molar-refractivity contribution is 5.99. The van der Waals surface area contributed by atoms with Crippen molar-refractivity contribution in [3.8, 4) is 5.75 Å². The Bertz CT molecular complexity index is 1040. The van der Waals surface area contributed by atoms with Gasteiger partial charge in [-0.3, -0.25) is 4.79 Å². The van der Waals surface area contributed by atoms with E-state index in [1.54, 1.807) is 7.11 Å². The van der Waals surface area contributed by atoms with Crippen LogP contribution in [0, 0.1) is 0 Å². The summed E-state index contributed by atoms with van der Waals surface area (Å²) >= 11 is 0. The van der Waals surface area contributed by atoms with E-state index in [-0.39, 0.29) is 11.8 Å². The van der Waals surface area contributed by atoms with Crippen molar-refractivity contribution in [2.75, 3.05) is 50.6 Å². The third-order valence-corrected chi connectivity index (χ3v) is 5.97. The number of fused-ring (bicyclic) bond motifs is 1. The van der Waals surface area contributed by atoms with E-state index in [0.29, 0.717) is 0 Å². The van der Waals surface area contributed by atoms with Crippen LogP contribution in [-0.4, -0.2) is 51.1 Å². The number of carbonyl (C=O) groups is 1. The minimum atomic E-state index is -0.253. The molecule has 30 heavy (non-hydrogen) atoms. The molecule has 1 aliphatic heterocycles. The zero-order chi connectivity index (χ0) is 21.1. The first-order chi connectivity index (χ1) is 14.5. The van der Waals surface area contributed by atoms with Crippen LogP contribution in [0.3, 0.4) is 0 Å². The molecule has 4 rings (SSSR count). The van der Waals surface area contributed by atoms with Crippen molar-refractivity contribution in [1.82, 2.24) is 4.90 Å². The average Bonchev–Trinajstić information content (AvgIpc) is 2.78. The lowest BCUT2D eigenvalue weighted by molar-refractivity contribution is -0.117. The molecule has 0 spiro atoms. The minimum Gasteiger partial charge on any atom is -0.497 e. The van der Waals surface area contributed by atoms with Gasteiger partial charge in [-0.2, -0.15) is 0 Å². The van der Waals surface area contributed by atoms with Crippen molar-refractivity contribution in [2.24, 2.45) is 0 Å². The lowest BCUT2D eigenvalue weighted by Gasteiger charge is -2.35. The molecule has 156 valence electrons. The molecule has 0 bridgehead atoms. The number of hydrogen-bond acceptors (Lipinski definition) is 4. The number of carbonyl (C=O) groups excluding carboxylic acids is 1. The molecule has 1 atom stereocenters. The number of piperazine rings is 1. The lowest BCUT2D eigenvalue weighted by Crippen LogP contribution is -2.44. The molecule has 5 heteroatoms. The number of rotatable bonds is 5. The molecular formula is C25H29N3O2. The van der Waals surface area contributed by atoms with Gasteiger partial charge in [-0.15, -0.1) is 0 Å². The van der Waals surface area contributed by atoms with E-state index < -0.39 is 0 Å². The molecule has 0 aliphatic carbocycles. The van der Waals surface area contributed by atoms with E-state index >= 15 is 0 Å². The van der Waals surface area contributed by atoms with Crippen LogP contribution in [0.1, 0.15) is 18.4 Å². The van der Waals surface area contributed by atoms with E-state index in [1.165, 1.54) is 0 Å². The van der Waals surface area contributed by atoms with Crippen molar-refractivity contribution in [3.05, 3.63) is 66.2 Å². The Hall–Kier alpha value is -3.05. The molecule has 3 aromatic carbocycles. The first-order valence-corrected chi connectivity index (χ1v) is 10.5. The Morgan fingerprint density at radius 3 is 2.43 bits per heavy atom. The smallest absolute Gasteiger partial charge is 0.231 e. The molecule has 0 saturated carbocycles. The maximum atomic E-state index is 13.1. The van der Waals surface area contributed by atoms with Gasteiger partial charge in [0.1, 0.15) is 5.75 Å². The summed E-state index contributed by atoms with van der Waals surface area (Å²) in [6, 6.07) is 20.2. The summed E-state index contributed by atoms with van der Waals surface area (Å²) in [4.78, 5) is 17.8. The quantitative estimate of drug-likeness (QED) is 0.688. The fourth-order valence-corrected chi connectivity index (χ4v) is 3.93. The molecule has 0 unspecified atom stereocenters. The Labute approximate surface area is 178 Å². The summed E-state index contributed by atoms with van der Waals surface area (Å²) in [5, 5.41) is 5.37. The Morgan fingerprint density at radius 1 is 0.967 bits per heavy atom. The van der Waals surface area contributed by atoms with Crippen LogP contribution >= 0.6 is 0 Å². The van der Waals surface area contributed by atoms with Crippen LogP contribution in [0.4, 0.5) is 11.4 Å². The molecule has 1 saturated heterocycles. The van der Waals surface area contributed by atoms with Gasteiger partial charge in [0.2, 0.25) is 5.91 Å². The van der Waals surface area contributed by atoms with Crippen molar-refractivity contribution < 1.29 is 9.53 Å². The third-order valence-electron chi connectivity index (χ3n) is 5.97. The van der Waals surface area contributed by atoms with Crippen LogP contribution in [-0.2, 0) is 4.79 Å². The second-order valence-electron chi connectivity index (χ2n) is 7.99. The predicted molar refractivity (Wildman–Crippen MR) is 124 cm³/mol. The maximum absolute atomic E-state index is 13.1. The first-order valence-electron chi connectivity index (χ1n) is 10.5. The zero-order valence-corrected chi connectivity index (χ0v) is 17.9. The SMILES string of the molecule is COc1ccc2cc([C@@H](C)C(=O)Nc3ccccc3N3CCN(C)CC3)ccc2c1. The number of anilines is 2. The highest BCUT2D eigenvalue weighted by Crippen LogP contribution is 2.29. The number of amides is 1. The van der Waals surface area contributed by atoms with Crippen LogP contribution in [0.15, 0.2) is 60.7 Å². The first kappa shape index (κ1) is 20.2. The van der Waals surface area contributed by atoms with Crippen molar-refractivity contribution in [2.45, 2.75) is 12.8 Å². The van der Waals surface area contributed by atoms with E-state index in [4.69, 9.17) is 4.74 Å². The third kappa shape index (κ3) is 4.26. The Morgan fingerprint density at radius 2 is 1.67 bits per heavy atom. The number of hydrogen-bond donors (Lipinski definition) is 1. The maximum Gasteiger partial charge on any atom is 0.231 e. The van der Waals surface area contributed by atoms with E-state index in [9.17, 15) is 4.79 Å². The number of para-hydroxylation sites is 2. The van der Waals surface area contributed by atoms with Gasteiger partial charge in [-0.05, 0) is 54.6 Å². The number of benzene rings is 3. The molecule has 3 aromatic rings. The van der Waals surface area contributed by atoms with Gasteiger partial charge in [0.15, 0.2) is 0 Å². The highest BCUT2D eigenvalue weighted by Gasteiger charge is 2.20. The molecule has 1 N–H and O–H groups in total. The van der Waals surface area contributed by atoms with Crippen LogP contribution < -0.4 is 15.0 Å². The van der Waals surface area contributed by atoms with Gasteiger partial charge >= 0.3 is 0 Å². The summed E-state index contributed by atoms with van der Waals surface area (Å²) in [7, 11) is 3.81. The second-order valence-corrected chi connectivity index (χ2v) is 7.99. The molecule has 5 nitrogen and oxygen atoms in total. The standard InChI is InChI=1S/C25H29N3O2/c1-18(19-8-9-21-17-22(30-3)11-10-20(21)16-19)25(29)26-23-6-4-5-7-24(23)28-14-12-27(2)13-15-28/h4-11,16-18H,12-15H2,1-3H3,(H,26,29)/t18-/m1/s1.